The van der Waals surface area contributed by atoms with E-state index in [0.717, 1.165) is 0 Å². The fourth-order valence-electron chi connectivity index (χ4n) is 4.76. The van der Waals surface area contributed by atoms with E-state index < -0.39 is 24.6 Å². The zero-order valence-corrected chi connectivity index (χ0v) is 21.5. The van der Waals surface area contributed by atoms with Gasteiger partial charge >= 0.3 is 0 Å². The van der Waals surface area contributed by atoms with Crippen molar-refractivity contribution in [1.82, 2.24) is 9.80 Å². The van der Waals surface area contributed by atoms with Gasteiger partial charge in [0.2, 0.25) is 5.91 Å². The molecule has 2 aliphatic heterocycles. The third-order valence-corrected chi connectivity index (χ3v) is 7.06. The number of amides is 2. The number of benzene rings is 1. The molecular weight excluding hydrogens is 450 g/mol. The molecule has 0 unspecified atom stereocenters. The average molecular weight is 492 g/mol. The lowest BCUT2D eigenvalue weighted by molar-refractivity contribution is -0.278. The number of carbonyl (C=O) groups excluding carboxylic acids is 2. The van der Waals surface area contributed by atoms with Crippen LogP contribution in [-0.4, -0.2) is 96.3 Å². The summed E-state index contributed by atoms with van der Waals surface area (Å²) in [6.45, 7) is 4.24. The van der Waals surface area contributed by atoms with Crippen molar-refractivity contribution < 1.29 is 29.3 Å². The van der Waals surface area contributed by atoms with Gasteiger partial charge in [-0.1, -0.05) is 13.0 Å². The van der Waals surface area contributed by atoms with Gasteiger partial charge in [0.05, 0.1) is 18.3 Å². The lowest BCUT2D eigenvalue weighted by Gasteiger charge is -2.42. The van der Waals surface area contributed by atoms with Crippen LogP contribution in [0.25, 0.3) is 0 Å². The highest BCUT2D eigenvalue weighted by Gasteiger charge is 2.40. The predicted octanol–water partition coefficient (Wildman–Crippen LogP) is 2.08. The Labute approximate surface area is 208 Å². The zero-order chi connectivity index (χ0) is 25.7. The third kappa shape index (κ3) is 7.24. The number of nitrogens with one attached hydrogen (secondary N) is 1. The van der Waals surface area contributed by atoms with Crippen LogP contribution in [0.3, 0.4) is 0 Å². The summed E-state index contributed by atoms with van der Waals surface area (Å²) in [5, 5.41) is 24.8. The molecule has 35 heavy (non-hydrogen) atoms. The van der Waals surface area contributed by atoms with Crippen molar-refractivity contribution in [1.29, 1.82) is 0 Å². The minimum Gasteiger partial charge on any atom is -0.390 e. The van der Waals surface area contributed by atoms with Gasteiger partial charge in [-0.2, -0.15) is 0 Å². The molecule has 0 aromatic heterocycles. The molecule has 1 fully saturated rings. The van der Waals surface area contributed by atoms with Crippen LogP contribution in [0, 0.1) is 5.92 Å². The monoisotopic (exact) mass is 491 g/mol. The normalized spacial score (nSPS) is 33.7. The van der Waals surface area contributed by atoms with E-state index in [4.69, 9.17) is 9.47 Å². The maximum Gasteiger partial charge on any atom is 0.253 e. The number of likely N-dealkylation sites (N-methyl/N-ethyl adjacent to an activating group) is 1. The number of fused-ring (bicyclic) bond motifs is 2. The molecule has 7 atom stereocenters. The summed E-state index contributed by atoms with van der Waals surface area (Å²) in [7, 11) is 5.55. The Hall–Kier alpha value is -2.04. The minimum atomic E-state index is -0.872. The van der Waals surface area contributed by atoms with Gasteiger partial charge in [-0.05, 0) is 71.3 Å². The second-order valence-corrected chi connectivity index (χ2v) is 10.2. The standard InChI is InChI=1S/C26H41N3O6/c1-16-11-12-22(35-26-23(31)20(28(3)4)14-17(2)34-26)21(30)10-7-13-29(5)25(33)18-8-6-9-19(15-18)27-24(16)32/h6,8-9,15-17,20-23,26,30-31H,7,10-14H2,1-5H3,(H,27,32)/t16-,17-,20+,21-,22-,23-,26+/m1/s1. The summed E-state index contributed by atoms with van der Waals surface area (Å²) >= 11 is 0. The Morgan fingerprint density at radius 1 is 1.14 bits per heavy atom. The number of anilines is 1. The van der Waals surface area contributed by atoms with Gasteiger partial charge in [0.25, 0.3) is 5.91 Å². The fourth-order valence-corrected chi connectivity index (χ4v) is 4.76. The molecule has 2 bridgehead atoms. The van der Waals surface area contributed by atoms with Crippen LogP contribution in [0.1, 0.15) is 56.3 Å². The molecule has 9 nitrogen and oxygen atoms in total. The Balaban J connectivity index is 1.77. The fraction of sp³-hybridized carbons (Fsp3) is 0.692. The Kier molecular flexibility index (Phi) is 9.66. The highest BCUT2D eigenvalue weighted by atomic mass is 16.7. The number of carbonyl (C=O) groups is 2. The first-order valence-corrected chi connectivity index (χ1v) is 12.6. The number of ether oxygens (including phenoxy) is 2. The number of aliphatic hydroxyl groups is 2. The van der Waals surface area contributed by atoms with E-state index in [-0.39, 0.29) is 29.9 Å². The first-order chi connectivity index (χ1) is 16.6. The molecule has 3 rings (SSSR count). The summed E-state index contributed by atoms with van der Waals surface area (Å²) in [5.41, 5.74) is 1.08. The largest absolute Gasteiger partial charge is 0.390 e. The Bertz CT molecular complexity index is 865. The van der Waals surface area contributed by atoms with E-state index in [1.54, 1.807) is 36.2 Å². The lowest BCUT2D eigenvalue weighted by atomic mass is 9.96. The quantitative estimate of drug-likeness (QED) is 0.594. The van der Waals surface area contributed by atoms with E-state index in [2.05, 4.69) is 5.32 Å². The first-order valence-electron chi connectivity index (χ1n) is 12.6. The minimum absolute atomic E-state index is 0.102. The second kappa shape index (κ2) is 12.3. The molecule has 9 heteroatoms. The van der Waals surface area contributed by atoms with Crippen LogP contribution in [0.5, 0.6) is 0 Å². The molecule has 0 saturated carbocycles. The van der Waals surface area contributed by atoms with E-state index in [1.165, 1.54) is 0 Å². The molecule has 196 valence electrons. The zero-order valence-electron chi connectivity index (χ0n) is 21.5. The molecule has 1 aromatic rings. The van der Waals surface area contributed by atoms with E-state index in [1.807, 2.05) is 32.8 Å². The molecule has 0 radical (unpaired) electrons. The van der Waals surface area contributed by atoms with Gasteiger partial charge in [-0.25, -0.2) is 0 Å². The number of hydrogen-bond acceptors (Lipinski definition) is 7. The van der Waals surface area contributed by atoms with Crippen LogP contribution in [-0.2, 0) is 14.3 Å². The summed E-state index contributed by atoms with van der Waals surface area (Å²) in [6, 6.07) is 6.81. The van der Waals surface area contributed by atoms with Crippen molar-refractivity contribution in [2.45, 2.75) is 82.7 Å². The van der Waals surface area contributed by atoms with Crippen molar-refractivity contribution in [3.05, 3.63) is 29.8 Å². The number of nitrogens with zero attached hydrogens (tertiary/aromatic N) is 2. The molecule has 1 aromatic carbocycles. The summed E-state index contributed by atoms with van der Waals surface area (Å²) in [6.07, 6.45) is -0.688. The van der Waals surface area contributed by atoms with Gasteiger partial charge in [0.1, 0.15) is 6.10 Å². The van der Waals surface area contributed by atoms with Crippen molar-refractivity contribution in [3.8, 4) is 0 Å². The smallest absolute Gasteiger partial charge is 0.253 e. The molecule has 0 spiro atoms. The number of rotatable bonds is 3. The molecule has 1 saturated heterocycles. The highest BCUT2D eigenvalue weighted by Crippen LogP contribution is 2.28. The van der Waals surface area contributed by atoms with Gasteiger partial charge in [0.15, 0.2) is 6.29 Å². The van der Waals surface area contributed by atoms with Crippen LogP contribution in [0.4, 0.5) is 5.69 Å². The summed E-state index contributed by atoms with van der Waals surface area (Å²) < 4.78 is 12.1. The topological polar surface area (TPSA) is 112 Å². The van der Waals surface area contributed by atoms with E-state index >= 15 is 0 Å². The Morgan fingerprint density at radius 3 is 2.60 bits per heavy atom. The van der Waals surface area contributed by atoms with Crippen molar-refractivity contribution in [3.63, 3.8) is 0 Å². The lowest BCUT2D eigenvalue weighted by Crippen LogP contribution is -2.55. The van der Waals surface area contributed by atoms with Crippen LogP contribution in [0.2, 0.25) is 0 Å². The number of hydrogen-bond donors (Lipinski definition) is 3. The van der Waals surface area contributed by atoms with Gasteiger partial charge in [0, 0.05) is 36.8 Å². The van der Waals surface area contributed by atoms with Crippen LogP contribution < -0.4 is 5.32 Å². The molecule has 0 aliphatic carbocycles. The van der Waals surface area contributed by atoms with Crippen molar-refractivity contribution in [2.24, 2.45) is 5.92 Å². The maximum atomic E-state index is 12.8. The van der Waals surface area contributed by atoms with Gasteiger partial charge < -0.3 is 34.8 Å². The van der Waals surface area contributed by atoms with Crippen LogP contribution in [0.15, 0.2) is 24.3 Å². The van der Waals surface area contributed by atoms with E-state index in [0.29, 0.717) is 49.9 Å². The SMILES string of the molecule is C[C@@H]1C[C@H](N(C)C)[C@@H](O)[C@H](O[C@@H]2CC[C@@H](C)C(=O)Nc3cccc(c3)C(=O)N(C)CCC[C@H]2O)O1. The maximum absolute atomic E-state index is 12.8. The Morgan fingerprint density at radius 2 is 1.89 bits per heavy atom. The molecule has 2 heterocycles. The number of aliphatic hydroxyl groups excluding tert-OH is 2. The molecular formula is C26H41N3O6. The van der Waals surface area contributed by atoms with Crippen LogP contribution >= 0.6 is 0 Å². The predicted molar refractivity (Wildman–Crippen MR) is 133 cm³/mol. The third-order valence-electron chi connectivity index (χ3n) is 7.06. The summed E-state index contributed by atoms with van der Waals surface area (Å²) in [4.78, 5) is 29.2. The van der Waals surface area contributed by atoms with Gasteiger partial charge in [-0.15, -0.1) is 0 Å². The average Bonchev–Trinajstić information content (AvgIpc) is 2.82. The van der Waals surface area contributed by atoms with E-state index in [9.17, 15) is 19.8 Å². The molecule has 2 aliphatic rings. The molecule has 3 N–H and O–H groups in total. The van der Waals surface area contributed by atoms with Crippen molar-refractivity contribution in [2.75, 3.05) is 33.0 Å². The highest BCUT2D eigenvalue weighted by molar-refractivity contribution is 5.97. The van der Waals surface area contributed by atoms with Gasteiger partial charge in [-0.3, -0.25) is 9.59 Å². The first kappa shape index (κ1) is 27.5. The second-order valence-electron chi connectivity index (χ2n) is 10.2. The summed E-state index contributed by atoms with van der Waals surface area (Å²) in [5.74, 6) is -0.652. The van der Waals surface area contributed by atoms with Crippen molar-refractivity contribution >= 4 is 17.5 Å². The molecule has 2 amide bonds.